The van der Waals surface area contributed by atoms with Crippen LogP contribution in [-0.2, 0) is 6.42 Å². The van der Waals surface area contributed by atoms with Crippen LogP contribution < -0.4 is 10.2 Å². The van der Waals surface area contributed by atoms with Crippen molar-refractivity contribution in [3.05, 3.63) is 41.2 Å². The summed E-state index contributed by atoms with van der Waals surface area (Å²) in [5.41, 5.74) is 1.40. The standard InChI is InChI=1S/C17H22ClN5O/c18-15-20-16(19-8-11-24)22-17(21-15)23-9-6-14(7-10-23)12-13-4-2-1-3-5-13/h1-5,14,24H,6-12H2,(H,19,20,21,22). The van der Waals surface area contributed by atoms with Gasteiger partial charge >= 0.3 is 0 Å². The van der Waals surface area contributed by atoms with Crippen LogP contribution in [0.25, 0.3) is 0 Å². The van der Waals surface area contributed by atoms with E-state index in [4.69, 9.17) is 16.7 Å². The molecule has 2 heterocycles. The summed E-state index contributed by atoms with van der Waals surface area (Å²) < 4.78 is 0. The fourth-order valence-corrected chi connectivity index (χ4v) is 3.17. The number of halogens is 1. The van der Waals surface area contributed by atoms with Crippen LogP contribution in [0.5, 0.6) is 0 Å². The molecule has 0 radical (unpaired) electrons. The van der Waals surface area contributed by atoms with Crippen LogP contribution in [0.15, 0.2) is 30.3 Å². The quantitative estimate of drug-likeness (QED) is 0.835. The van der Waals surface area contributed by atoms with Gasteiger partial charge in [-0.15, -0.1) is 0 Å². The van der Waals surface area contributed by atoms with Gasteiger partial charge in [0, 0.05) is 19.6 Å². The zero-order valence-corrected chi connectivity index (χ0v) is 14.3. The Hall–Kier alpha value is -1.92. The summed E-state index contributed by atoms with van der Waals surface area (Å²) >= 11 is 5.99. The van der Waals surface area contributed by atoms with E-state index in [1.807, 2.05) is 0 Å². The van der Waals surface area contributed by atoms with Crippen molar-refractivity contribution in [3.63, 3.8) is 0 Å². The van der Waals surface area contributed by atoms with Crippen LogP contribution in [0, 0.1) is 5.92 Å². The van der Waals surface area contributed by atoms with Crippen molar-refractivity contribution in [2.24, 2.45) is 5.92 Å². The molecule has 3 rings (SSSR count). The Bertz CT molecular complexity index is 647. The Labute approximate surface area is 146 Å². The molecule has 128 valence electrons. The molecule has 0 amide bonds. The number of aliphatic hydroxyl groups excluding tert-OH is 1. The maximum Gasteiger partial charge on any atom is 0.231 e. The second kappa shape index (κ2) is 8.26. The first-order valence-electron chi connectivity index (χ1n) is 8.30. The Kier molecular flexibility index (Phi) is 5.82. The summed E-state index contributed by atoms with van der Waals surface area (Å²) in [6.07, 6.45) is 3.34. The molecule has 1 fully saturated rings. The van der Waals surface area contributed by atoms with Gasteiger partial charge in [0.05, 0.1) is 6.61 Å². The molecule has 1 aromatic heterocycles. The monoisotopic (exact) mass is 347 g/mol. The number of benzene rings is 1. The van der Waals surface area contributed by atoms with Crippen LogP contribution in [0.2, 0.25) is 5.28 Å². The lowest BCUT2D eigenvalue weighted by molar-refractivity contribution is 0.310. The molecule has 6 nitrogen and oxygen atoms in total. The van der Waals surface area contributed by atoms with Crippen LogP contribution in [0.4, 0.5) is 11.9 Å². The van der Waals surface area contributed by atoms with E-state index >= 15 is 0 Å². The first kappa shape index (κ1) is 16.9. The lowest BCUT2D eigenvalue weighted by atomic mass is 9.90. The van der Waals surface area contributed by atoms with Crippen molar-refractivity contribution in [2.45, 2.75) is 19.3 Å². The van der Waals surface area contributed by atoms with E-state index in [-0.39, 0.29) is 11.9 Å². The number of nitrogens with one attached hydrogen (secondary N) is 1. The summed E-state index contributed by atoms with van der Waals surface area (Å²) in [6.45, 7) is 2.23. The lowest BCUT2D eigenvalue weighted by Crippen LogP contribution is -2.35. The molecule has 0 atom stereocenters. The van der Waals surface area contributed by atoms with E-state index in [9.17, 15) is 0 Å². The normalized spacial score (nSPS) is 15.5. The number of aromatic nitrogens is 3. The van der Waals surface area contributed by atoms with E-state index in [1.165, 1.54) is 5.56 Å². The van der Waals surface area contributed by atoms with Crippen LogP contribution >= 0.6 is 11.6 Å². The summed E-state index contributed by atoms with van der Waals surface area (Å²) in [6, 6.07) is 10.6. The summed E-state index contributed by atoms with van der Waals surface area (Å²) in [5, 5.41) is 12.0. The van der Waals surface area contributed by atoms with Gasteiger partial charge in [-0.3, -0.25) is 0 Å². The molecule has 2 N–H and O–H groups in total. The number of piperidine rings is 1. The largest absolute Gasteiger partial charge is 0.395 e. The Morgan fingerprint density at radius 1 is 1.12 bits per heavy atom. The van der Waals surface area contributed by atoms with E-state index in [1.54, 1.807) is 0 Å². The van der Waals surface area contributed by atoms with E-state index in [0.717, 1.165) is 32.4 Å². The van der Waals surface area contributed by atoms with Gasteiger partial charge in [-0.05, 0) is 42.3 Å². The van der Waals surface area contributed by atoms with Crippen molar-refractivity contribution < 1.29 is 5.11 Å². The fraction of sp³-hybridized carbons (Fsp3) is 0.471. The van der Waals surface area contributed by atoms with Gasteiger partial charge in [0.1, 0.15) is 0 Å². The van der Waals surface area contributed by atoms with Gasteiger partial charge in [-0.1, -0.05) is 30.3 Å². The fourth-order valence-electron chi connectivity index (χ4n) is 3.01. The Balaban J connectivity index is 1.59. The second-order valence-electron chi connectivity index (χ2n) is 6.00. The molecule has 0 saturated carbocycles. The van der Waals surface area contributed by atoms with Gasteiger partial charge < -0.3 is 15.3 Å². The Morgan fingerprint density at radius 2 is 1.88 bits per heavy atom. The topological polar surface area (TPSA) is 74.2 Å². The zero-order valence-electron chi connectivity index (χ0n) is 13.5. The molecular weight excluding hydrogens is 326 g/mol. The number of hydrogen-bond acceptors (Lipinski definition) is 6. The Morgan fingerprint density at radius 3 is 2.58 bits per heavy atom. The number of rotatable bonds is 6. The number of aliphatic hydroxyl groups is 1. The minimum atomic E-state index is 0.0174. The molecule has 7 heteroatoms. The van der Waals surface area contributed by atoms with Crippen molar-refractivity contribution in [3.8, 4) is 0 Å². The van der Waals surface area contributed by atoms with Crippen LogP contribution in [0.1, 0.15) is 18.4 Å². The first-order valence-corrected chi connectivity index (χ1v) is 8.67. The molecule has 0 spiro atoms. The highest BCUT2D eigenvalue weighted by molar-refractivity contribution is 6.28. The number of hydrogen-bond donors (Lipinski definition) is 2. The molecule has 24 heavy (non-hydrogen) atoms. The first-order chi connectivity index (χ1) is 11.7. The third-order valence-electron chi connectivity index (χ3n) is 4.26. The minimum absolute atomic E-state index is 0.0174. The summed E-state index contributed by atoms with van der Waals surface area (Å²) in [4.78, 5) is 14.8. The zero-order chi connectivity index (χ0) is 16.8. The molecule has 2 aromatic rings. The second-order valence-corrected chi connectivity index (χ2v) is 6.34. The summed E-state index contributed by atoms with van der Waals surface area (Å²) in [5.74, 6) is 1.70. The van der Waals surface area contributed by atoms with Crippen molar-refractivity contribution >= 4 is 23.5 Å². The van der Waals surface area contributed by atoms with Crippen molar-refractivity contribution in [1.82, 2.24) is 15.0 Å². The molecule has 0 bridgehead atoms. The van der Waals surface area contributed by atoms with Crippen molar-refractivity contribution in [2.75, 3.05) is 36.5 Å². The average molecular weight is 348 g/mol. The van der Waals surface area contributed by atoms with Gasteiger partial charge in [0.25, 0.3) is 0 Å². The van der Waals surface area contributed by atoms with Crippen LogP contribution in [0.3, 0.4) is 0 Å². The van der Waals surface area contributed by atoms with Gasteiger partial charge in [0.15, 0.2) is 0 Å². The van der Waals surface area contributed by atoms with Gasteiger partial charge in [-0.25, -0.2) is 0 Å². The lowest BCUT2D eigenvalue weighted by Gasteiger charge is -2.32. The van der Waals surface area contributed by atoms with E-state index < -0.39 is 0 Å². The molecular formula is C17H22ClN5O. The van der Waals surface area contributed by atoms with E-state index in [0.29, 0.717) is 24.4 Å². The smallest absolute Gasteiger partial charge is 0.231 e. The predicted molar refractivity (Wildman–Crippen MR) is 95.5 cm³/mol. The maximum atomic E-state index is 8.89. The molecule has 0 aliphatic carbocycles. The number of nitrogens with zero attached hydrogens (tertiary/aromatic N) is 4. The highest BCUT2D eigenvalue weighted by Crippen LogP contribution is 2.24. The van der Waals surface area contributed by atoms with Gasteiger partial charge in [0.2, 0.25) is 17.2 Å². The van der Waals surface area contributed by atoms with Crippen LogP contribution in [-0.4, -0.2) is 46.3 Å². The third-order valence-corrected chi connectivity index (χ3v) is 4.42. The molecule has 1 aliphatic heterocycles. The highest BCUT2D eigenvalue weighted by Gasteiger charge is 2.22. The predicted octanol–water partition coefficient (Wildman–Crippen LogP) is 2.39. The van der Waals surface area contributed by atoms with Gasteiger partial charge in [-0.2, -0.15) is 15.0 Å². The molecule has 1 saturated heterocycles. The maximum absolute atomic E-state index is 8.89. The highest BCUT2D eigenvalue weighted by atomic mass is 35.5. The number of anilines is 2. The molecule has 1 aromatic carbocycles. The minimum Gasteiger partial charge on any atom is -0.395 e. The van der Waals surface area contributed by atoms with E-state index in [2.05, 4.69) is 55.5 Å². The molecule has 1 aliphatic rings. The third kappa shape index (κ3) is 4.55. The van der Waals surface area contributed by atoms with Crippen molar-refractivity contribution in [1.29, 1.82) is 0 Å². The summed E-state index contributed by atoms with van der Waals surface area (Å²) in [7, 11) is 0. The average Bonchev–Trinajstić information content (AvgIpc) is 2.61. The SMILES string of the molecule is OCCNc1nc(Cl)nc(N2CCC(Cc3ccccc3)CC2)n1. The molecule has 0 unspecified atom stereocenters.